The molecule has 5 rings (SSSR count). The molecule has 0 saturated carbocycles. The summed E-state index contributed by atoms with van der Waals surface area (Å²) in [4.78, 5) is 26.8. The van der Waals surface area contributed by atoms with Crippen molar-refractivity contribution in [1.29, 1.82) is 0 Å². The van der Waals surface area contributed by atoms with Crippen LogP contribution in [0.2, 0.25) is 0 Å². The molecule has 27 heavy (non-hydrogen) atoms. The maximum Gasteiger partial charge on any atom is 0.311 e. The van der Waals surface area contributed by atoms with E-state index < -0.39 is 5.60 Å². The van der Waals surface area contributed by atoms with Gasteiger partial charge < -0.3 is 14.2 Å². The molecule has 1 saturated heterocycles. The van der Waals surface area contributed by atoms with Gasteiger partial charge in [0.2, 0.25) is 0 Å². The Kier molecular flexibility index (Phi) is 3.53. The summed E-state index contributed by atoms with van der Waals surface area (Å²) in [6, 6.07) is 15.3. The Balaban J connectivity index is 1.41. The molecule has 0 bridgehead atoms. The van der Waals surface area contributed by atoms with Crippen LogP contribution in [0.15, 0.2) is 53.1 Å². The number of carbonyl (C=O) groups excluding carboxylic acids is 2. The molecular formula is C21H18N2O4. The van der Waals surface area contributed by atoms with Crippen LogP contribution < -0.4 is 0 Å². The number of amides is 1. The van der Waals surface area contributed by atoms with Gasteiger partial charge in [-0.15, -0.1) is 0 Å². The van der Waals surface area contributed by atoms with Gasteiger partial charge >= 0.3 is 5.97 Å². The highest BCUT2D eigenvalue weighted by Gasteiger charge is 2.45. The number of fused-ring (bicyclic) bond motifs is 3. The first kappa shape index (κ1) is 16.1. The largest absolute Gasteiger partial charge is 0.454 e. The number of aromatic nitrogens is 1. The molecule has 3 heterocycles. The average Bonchev–Trinajstić information content (AvgIpc) is 3.12. The summed E-state index contributed by atoms with van der Waals surface area (Å²) in [5.41, 5.74) is 2.40. The van der Waals surface area contributed by atoms with Crippen molar-refractivity contribution in [2.45, 2.75) is 24.9 Å². The van der Waals surface area contributed by atoms with E-state index in [0.717, 1.165) is 16.5 Å². The number of nitrogens with zero attached hydrogens (tertiary/aromatic N) is 2. The normalized spacial score (nSPS) is 18.4. The number of piperidine rings is 1. The molecule has 2 aliphatic heterocycles. The van der Waals surface area contributed by atoms with Gasteiger partial charge in [-0.25, -0.2) is 0 Å². The van der Waals surface area contributed by atoms with Crippen molar-refractivity contribution in [1.82, 2.24) is 10.1 Å². The van der Waals surface area contributed by atoms with E-state index in [1.165, 1.54) is 0 Å². The highest BCUT2D eigenvalue weighted by atomic mass is 16.6. The summed E-state index contributed by atoms with van der Waals surface area (Å²) in [6.45, 7) is 1.00. The van der Waals surface area contributed by atoms with Crippen LogP contribution in [0.5, 0.6) is 0 Å². The molecule has 0 atom stereocenters. The van der Waals surface area contributed by atoms with E-state index in [2.05, 4.69) is 5.16 Å². The number of benzene rings is 2. The lowest BCUT2D eigenvalue weighted by Crippen LogP contribution is -2.49. The molecule has 0 N–H and O–H groups in total. The Morgan fingerprint density at radius 3 is 2.63 bits per heavy atom. The van der Waals surface area contributed by atoms with Crippen molar-refractivity contribution in [2.24, 2.45) is 0 Å². The molecular weight excluding hydrogens is 344 g/mol. The van der Waals surface area contributed by atoms with Gasteiger partial charge in [-0.3, -0.25) is 9.59 Å². The summed E-state index contributed by atoms with van der Waals surface area (Å²) >= 11 is 0. The zero-order chi connectivity index (χ0) is 18.4. The van der Waals surface area contributed by atoms with Crippen molar-refractivity contribution >= 4 is 22.8 Å². The average molecular weight is 362 g/mol. The summed E-state index contributed by atoms with van der Waals surface area (Å²) in [5.74, 6) is -0.346. The van der Waals surface area contributed by atoms with Crippen LogP contribution >= 0.6 is 0 Å². The molecule has 1 aromatic heterocycles. The van der Waals surface area contributed by atoms with Crippen LogP contribution in [-0.2, 0) is 21.6 Å². The second-order valence-electron chi connectivity index (χ2n) is 7.12. The van der Waals surface area contributed by atoms with Crippen LogP contribution in [0.1, 0.15) is 34.5 Å². The number of hydrogen-bond donors (Lipinski definition) is 0. The van der Waals surface area contributed by atoms with Crippen molar-refractivity contribution in [3.8, 4) is 0 Å². The van der Waals surface area contributed by atoms with Crippen molar-refractivity contribution in [3.63, 3.8) is 0 Å². The summed E-state index contributed by atoms with van der Waals surface area (Å²) < 4.78 is 11.1. The second kappa shape index (κ2) is 5.94. The molecule has 6 heteroatoms. The fourth-order valence-electron chi connectivity index (χ4n) is 4.22. The number of esters is 1. The maximum absolute atomic E-state index is 13.0. The summed E-state index contributed by atoms with van der Waals surface area (Å²) in [5, 5.41) is 4.69. The molecule has 1 amide bonds. The van der Waals surface area contributed by atoms with Gasteiger partial charge in [-0.05, 0) is 23.3 Å². The minimum absolute atomic E-state index is 0.148. The Hall–Kier alpha value is -3.15. The fraction of sp³-hybridized carbons (Fsp3) is 0.286. The first-order chi connectivity index (χ1) is 13.2. The molecule has 1 fully saturated rings. The Morgan fingerprint density at radius 2 is 1.78 bits per heavy atom. The van der Waals surface area contributed by atoms with E-state index >= 15 is 0 Å². The number of hydrogen-bond acceptors (Lipinski definition) is 5. The van der Waals surface area contributed by atoms with E-state index in [0.29, 0.717) is 43.6 Å². The topological polar surface area (TPSA) is 72.6 Å². The predicted octanol–water partition coefficient (Wildman–Crippen LogP) is 3.06. The monoisotopic (exact) mass is 362 g/mol. The summed E-state index contributed by atoms with van der Waals surface area (Å²) in [7, 11) is 0. The summed E-state index contributed by atoms with van der Waals surface area (Å²) in [6.07, 6.45) is 1.47. The third-order valence-electron chi connectivity index (χ3n) is 5.59. The Morgan fingerprint density at radius 1 is 1.04 bits per heavy atom. The van der Waals surface area contributed by atoms with Gasteiger partial charge in [-0.2, -0.15) is 0 Å². The predicted molar refractivity (Wildman–Crippen MR) is 97.1 cm³/mol. The highest BCUT2D eigenvalue weighted by Crippen LogP contribution is 2.42. The molecule has 0 radical (unpaired) electrons. The van der Waals surface area contributed by atoms with Gasteiger partial charge in [-0.1, -0.05) is 41.6 Å². The third-order valence-corrected chi connectivity index (χ3v) is 5.59. The van der Waals surface area contributed by atoms with E-state index in [1.54, 1.807) is 11.0 Å². The van der Waals surface area contributed by atoms with Crippen LogP contribution in [0.25, 0.3) is 11.0 Å². The number of carbonyl (C=O) groups is 2. The van der Waals surface area contributed by atoms with E-state index in [1.807, 2.05) is 42.5 Å². The fourth-order valence-corrected chi connectivity index (χ4v) is 4.22. The second-order valence-corrected chi connectivity index (χ2v) is 7.12. The molecule has 3 aromatic rings. The first-order valence-corrected chi connectivity index (χ1v) is 9.10. The smallest absolute Gasteiger partial charge is 0.311 e. The van der Waals surface area contributed by atoms with Crippen LogP contribution in [0.4, 0.5) is 0 Å². The Bertz CT molecular complexity index is 1050. The van der Waals surface area contributed by atoms with Gasteiger partial charge in [0.15, 0.2) is 11.3 Å². The molecule has 0 unspecified atom stereocenters. The van der Waals surface area contributed by atoms with Crippen LogP contribution in [0, 0.1) is 0 Å². The van der Waals surface area contributed by atoms with E-state index in [4.69, 9.17) is 9.26 Å². The Labute approximate surface area is 155 Å². The number of rotatable bonds is 1. The lowest BCUT2D eigenvalue weighted by molar-refractivity contribution is -0.168. The SMILES string of the molecule is O=C1Cc2ccccc2C2(CCN(C(=O)c3noc4ccccc34)CC2)O1. The highest BCUT2D eigenvalue weighted by molar-refractivity contribution is 6.04. The van der Waals surface area contributed by atoms with E-state index in [-0.39, 0.29) is 11.9 Å². The van der Waals surface area contributed by atoms with Crippen molar-refractivity contribution in [2.75, 3.05) is 13.1 Å². The van der Waals surface area contributed by atoms with Gasteiger partial charge in [0.25, 0.3) is 5.91 Å². The van der Waals surface area contributed by atoms with Gasteiger partial charge in [0.1, 0.15) is 5.60 Å². The molecule has 136 valence electrons. The zero-order valence-corrected chi connectivity index (χ0v) is 14.7. The number of para-hydroxylation sites is 1. The van der Waals surface area contributed by atoms with Crippen LogP contribution in [0.3, 0.4) is 0 Å². The number of ether oxygens (including phenoxy) is 1. The lowest BCUT2D eigenvalue weighted by atomic mass is 9.79. The minimum Gasteiger partial charge on any atom is -0.454 e. The third kappa shape index (κ3) is 2.51. The van der Waals surface area contributed by atoms with Crippen molar-refractivity contribution in [3.05, 3.63) is 65.4 Å². The minimum atomic E-state index is -0.630. The molecule has 2 aromatic carbocycles. The lowest BCUT2D eigenvalue weighted by Gasteiger charge is -2.44. The zero-order valence-electron chi connectivity index (χ0n) is 14.7. The van der Waals surface area contributed by atoms with Crippen LogP contribution in [-0.4, -0.2) is 35.0 Å². The quantitative estimate of drug-likeness (QED) is 0.622. The maximum atomic E-state index is 13.0. The number of likely N-dealkylation sites (tertiary alicyclic amines) is 1. The van der Waals surface area contributed by atoms with Gasteiger partial charge in [0.05, 0.1) is 11.8 Å². The molecule has 1 spiro atoms. The van der Waals surface area contributed by atoms with Gasteiger partial charge in [0, 0.05) is 25.9 Å². The standard InChI is InChI=1S/C21H18N2O4/c24-18-13-14-5-1-3-7-16(14)21(26-18)9-11-23(12-10-21)20(25)19-15-6-2-4-8-17(15)27-22-19/h1-8H,9-13H2. The van der Waals surface area contributed by atoms with Crippen molar-refractivity contribution < 1.29 is 18.8 Å². The molecule has 6 nitrogen and oxygen atoms in total. The molecule has 2 aliphatic rings. The molecule has 0 aliphatic carbocycles. The first-order valence-electron chi connectivity index (χ1n) is 9.10. The van der Waals surface area contributed by atoms with E-state index in [9.17, 15) is 9.59 Å².